The predicted octanol–water partition coefficient (Wildman–Crippen LogP) is 8.68. The number of aromatic nitrogens is 1. The van der Waals surface area contributed by atoms with Crippen molar-refractivity contribution in [3.63, 3.8) is 0 Å². The van der Waals surface area contributed by atoms with Crippen LogP contribution in [-0.2, 0) is 0 Å². The Labute approximate surface area is 229 Å². The normalized spacial score (nSPS) is 13.8. The molecule has 1 aliphatic rings. The van der Waals surface area contributed by atoms with Crippen LogP contribution in [0.2, 0.25) is 0 Å². The van der Waals surface area contributed by atoms with Gasteiger partial charge in [0.2, 0.25) is 0 Å². The van der Waals surface area contributed by atoms with Gasteiger partial charge >= 0.3 is 0 Å². The van der Waals surface area contributed by atoms with Crippen molar-refractivity contribution in [2.24, 2.45) is 0 Å². The van der Waals surface area contributed by atoms with Crippen molar-refractivity contribution in [3.05, 3.63) is 102 Å². The zero-order chi connectivity index (χ0) is 26.9. The Kier molecular flexibility index (Phi) is 6.70. The van der Waals surface area contributed by atoms with Crippen LogP contribution >= 0.6 is 0 Å². The number of nitrogens with zero attached hydrogens (tertiary/aromatic N) is 2. The van der Waals surface area contributed by atoms with E-state index in [4.69, 9.17) is 0 Å². The molecular weight excluding hydrogens is 480 g/mol. The Morgan fingerprint density at radius 3 is 1.92 bits per heavy atom. The van der Waals surface area contributed by atoms with Gasteiger partial charge in [0.25, 0.3) is 11.8 Å². The SMILES string of the molecule is CCCCCC(CC)N1C(=O)c2cccc3c(-c4ccc(-c5ccncc5)c5ccccc45)ccc(c23)C1=O. The highest BCUT2D eigenvalue weighted by molar-refractivity contribution is 6.27. The lowest BCUT2D eigenvalue weighted by Crippen LogP contribution is -2.46. The topological polar surface area (TPSA) is 50.3 Å². The van der Waals surface area contributed by atoms with Crippen LogP contribution in [0.4, 0.5) is 0 Å². The third-order valence-corrected chi connectivity index (χ3v) is 8.12. The van der Waals surface area contributed by atoms with Crippen LogP contribution < -0.4 is 0 Å². The van der Waals surface area contributed by atoms with Gasteiger partial charge in [0, 0.05) is 34.9 Å². The Hall–Kier alpha value is -4.31. The van der Waals surface area contributed by atoms with Gasteiger partial charge in [0.15, 0.2) is 0 Å². The second-order valence-electron chi connectivity index (χ2n) is 10.4. The van der Waals surface area contributed by atoms with Gasteiger partial charge < -0.3 is 0 Å². The van der Waals surface area contributed by atoms with Crippen molar-refractivity contribution in [2.45, 2.75) is 52.0 Å². The molecule has 0 fully saturated rings. The fourth-order valence-corrected chi connectivity index (χ4v) is 6.14. The summed E-state index contributed by atoms with van der Waals surface area (Å²) < 4.78 is 0. The molecule has 6 rings (SSSR count). The zero-order valence-corrected chi connectivity index (χ0v) is 22.5. The van der Waals surface area contributed by atoms with E-state index in [-0.39, 0.29) is 17.9 Å². The number of benzene rings is 4. The molecule has 0 saturated heterocycles. The molecule has 4 nitrogen and oxygen atoms in total. The molecule has 1 aromatic heterocycles. The summed E-state index contributed by atoms with van der Waals surface area (Å²) in [4.78, 5) is 33.3. The molecule has 4 aromatic carbocycles. The molecule has 0 spiro atoms. The van der Waals surface area contributed by atoms with Crippen LogP contribution in [0.15, 0.2) is 91.3 Å². The predicted molar refractivity (Wildman–Crippen MR) is 159 cm³/mol. The molecule has 0 bridgehead atoms. The minimum absolute atomic E-state index is 0.0793. The minimum atomic E-state index is -0.170. The zero-order valence-electron chi connectivity index (χ0n) is 22.5. The summed E-state index contributed by atoms with van der Waals surface area (Å²) in [7, 11) is 0. The van der Waals surface area contributed by atoms with E-state index in [1.54, 1.807) is 0 Å². The number of carbonyl (C=O) groups excluding carboxylic acids is 2. The number of fused-ring (bicyclic) bond motifs is 1. The largest absolute Gasteiger partial charge is 0.271 e. The molecular formula is C35H32N2O2. The molecule has 0 aliphatic carbocycles. The van der Waals surface area contributed by atoms with Crippen LogP contribution in [-0.4, -0.2) is 27.7 Å². The Morgan fingerprint density at radius 1 is 0.641 bits per heavy atom. The lowest BCUT2D eigenvalue weighted by molar-refractivity contribution is 0.0524. The molecule has 1 atom stereocenters. The van der Waals surface area contributed by atoms with Crippen LogP contribution in [0.3, 0.4) is 0 Å². The van der Waals surface area contributed by atoms with Gasteiger partial charge in [0.1, 0.15) is 0 Å². The second-order valence-corrected chi connectivity index (χ2v) is 10.4. The van der Waals surface area contributed by atoms with Gasteiger partial charge in [0.05, 0.1) is 0 Å². The maximum absolute atomic E-state index is 13.8. The summed E-state index contributed by atoms with van der Waals surface area (Å²) >= 11 is 0. The number of carbonyl (C=O) groups is 2. The highest BCUT2D eigenvalue weighted by Gasteiger charge is 2.37. The Morgan fingerprint density at radius 2 is 1.23 bits per heavy atom. The molecule has 4 heteroatoms. The van der Waals surface area contributed by atoms with Crippen molar-refractivity contribution >= 4 is 33.4 Å². The summed E-state index contributed by atoms with van der Waals surface area (Å²) in [6.45, 7) is 4.24. The average Bonchev–Trinajstić information content (AvgIpc) is 2.99. The minimum Gasteiger partial charge on any atom is -0.271 e. The highest BCUT2D eigenvalue weighted by Crippen LogP contribution is 2.41. The summed E-state index contributed by atoms with van der Waals surface area (Å²) in [5, 5.41) is 3.99. The van der Waals surface area contributed by atoms with Crippen LogP contribution in [0, 0.1) is 0 Å². The van der Waals surface area contributed by atoms with Gasteiger partial charge in [-0.05, 0) is 75.5 Å². The van der Waals surface area contributed by atoms with Gasteiger partial charge in [-0.25, -0.2) is 0 Å². The van der Waals surface area contributed by atoms with E-state index in [1.807, 2.05) is 48.8 Å². The van der Waals surface area contributed by atoms with Crippen LogP contribution in [0.1, 0.15) is 66.7 Å². The van der Waals surface area contributed by atoms with E-state index < -0.39 is 0 Å². The molecule has 0 saturated carbocycles. The van der Waals surface area contributed by atoms with E-state index in [2.05, 4.69) is 61.3 Å². The maximum Gasteiger partial charge on any atom is 0.261 e. The highest BCUT2D eigenvalue weighted by atomic mass is 16.2. The number of unbranched alkanes of at least 4 members (excludes halogenated alkanes) is 2. The lowest BCUT2D eigenvalue weighted by atomic mass is 9.86. The van der Waals surface area contributed by atoms with Crippen LogP contribution in [0.25, 0.3) is 43.8 Å². The number of hydrogen-bond donors (Lipinski definition) is 0. The van der Waals surface area contributed by atoms with E-state index in [1.165, 1.54) is 4.90 Å². The lowest BCUT2D eigenvalue weighted by Gasteiger charge is -2.34. The molecule has 2 heterocycles. The van der Waals surface area contributed by atoms with Crippen molar-refractivity contribution in [2.75, 3.05) is 0 Å². The summed E-state index contributed by atoms with van der Waals surface area (Å²) in [6, 6.07) is 26.5. The average molecular weight is 513 g/mol. The maximum atomic E-state index is 13.8. The second kappa shape index (κ2) is 10.5. The van der Waals surface area contributed by atoms with Crippen molar-refractivity contribution < 1.29 is 9.59 Å². The van der Waals surface area contributed by atoms with E-state index >= 15 is 0 Å². The van der Waals surface area contributed by atoms with E-state index in [0.717, 1.165) is 75.9 Å². The first-order valence-corrected chi connectivity index (χ1v) is 14.0. The molecule has 0 radical (unpaired) electrons. The van der Waals surface area contributed by atoms with Gasteiger partial charge in [-0.3, -0.25) is 19.5 Å². The monoisotopic (exact) mass is 512 g/mol. The number of rotatable bonds is 8. The molecule has 1 unspecified atom stereocenters. The number of pyridine rings is 1. The van der Waals surface area contributed by atoms with Crippen molar-refractivity contribution in [1.29, 1.82) is 0 Å². The third-order valence-electron chi connectivity index (χ3n) is 8.12. The fourth-order valence-electron chi connectivity index (χ4n) is 6.14. The van der Waals surface area contributed by atoms with Crippen molar-refractivity contribution in [1.82, 2.24) is 9.88 Å². The number of imide groups is 1. The molecule has 2 amide bonds. The fraction of sp³-hybridized carbons (Fsp3) is 0.229. The number of amides is 2. The molecule has 5 aromatic rings. The standard InChI is InChI=1S/C35H32N2O2/c1-3-5-6-10-24(4-2)37-34(38)31-14-9-13-30-29(17-18-32(33(30)31)35(37)39)28-16-15-25(23-19-21-36-22-20-23)26-11-7-8-12-27(26)28/h7-9,11-22,24H,3-6,10H2,1-2H3. The quantitative estimate of drug-likeness (QED) is 0.154. The van der Waals surface area contributed by atoms with E-state index in [9.17, 15) is 9.59 Å². The van der Waals surface area contributed by atoms with Crippen LogP contribution in [0.5, 0.6) is 0 Å². The molecule has 194 valence electrons. The number of hydrogen-bond acceptors (Lipinski definition) is 3. The van der Waals surface area contributed by atoms with E-state index in [0.29, 0.717) is 11.1 Å². The van der Waals surface area contributed by atoms with Gasteiger partial charge in [-0.15, -0.1) is 0 Å². The molecule has 1 aliphatic heterocycles. The first-order valence-electron chi connectivity index (χ1n) is 14.0. The smallest absolute Gasteiger partial charge is 0.261 e. The van der Waals surface area contributed by atoms with Gasteiger partial charge in [-0.1, -0.05) is 87.7 Å². The summed E-state index contributed by atoms with van der Waals surface area (Å²) in [6.07, 6.45) is 8.48. The first kappa shape index (κ1) is 25.0. The third kappa shape index (κ3) is 4.21. The Bertz CT molecular complexity index is 1680. The summed E-state index contributed by atoms with van der Waals surface area (Å²) in [5.41, 5.74) is 5.61. The molecule has 39 heavy (non-hydrogen) atoms. The molecule has 0 N–H and O–H groups in total. The van der Waals surface area contributed by atoms with Crippen molar-refractivity contribution in [3.8, 4) is 22.3 Å². The van der Waals surface area contributed by atoms with Gasteiger partial charge in [-0.2, -0.15) is 0 Å². The first-order chi connectivity index (χ1) is 19.1. The Balaban J connectivity index is 1.50. The summed E-state index contributed by atoms with van der Waals surface area (Å²) in [5.74, 6) is -0.340.